The molecule has 0 unspecified atom stereocenters. The molecule has 1 saturated heterocycles. The summed E-state index contributed by atoms with van der Waals surface area (Å²) in [6, 6.07) is 8.13. The third-order valence-electron chi connectivity index (χ3n) is 4.11. The van der Waals surface area contributed by atoms with Crippen LogP contribution >= 0.6 is 0 Å². The van der Waals surface area contributed by atoms with Crippen molar-refractivity contribution in [2.75, 3.05) is 38.6 Å². The zero-order valence-corrected chi connectivity index (χ0v) is 12.6. The first-order valence-electron chi connectivity index (χ1n) is 7.76. The number of nitrogens with one attached hydrogen (secondary N) is 1. The molecule has 1 aromatic heterocycles. The zero-order valence-electron chi connectivity index (χ0n) is 12.6. The number of pyridine rings is 1. The molecular weight excluding hydrogens is 262 g/mol. The maximum atomic E-state index is 5.27. The van der Waals surface area contributed by atoms with Crippen LogP contribution < -0.4 is 10.1 Å². The summed E-state index contributed by atoms with van der Waals surface area (Å²) in [4.78, 5) is 7.01. The van der Waals surface area contributed by atoms with Gasteiger partial charge in [-0.1, -0.05) is 0 Å². The normalized spacial score (nSPS) is 15.5. The molecule has 0 saturated carbocycles. The lowest BCUT2D eigenvalue weighted by molar-refractivity contribution is 0.337. The first-order chi connectivity index (χ1) is 10.4. The predicted molar refractivity (Wildman–Crippen MR) is 87.1 cm³/mol. The molecule has 3 rings (SSSR count). The van der Waals surface area contributed by atoms with E-state index in [4.69, 9.17) is 4.74 Å². The van der Waals surface area contributed by atoms with Crippen molar-refractivity contribution in [1.29, 1.82) is 0 Å². The quantitative estimate of drug-likeness (QED) is 0.827. The van der Waals surface area contributed by atoms with Crippen LogP contribution in [0.4, 0.5) is 5.82 Å². The Kier molecular flexibility index (Phi) is 4.55. The fourth-order valence-corrected chi connectivity index (χ4v) is 2.94. The van der Waals surface area contributed by atoms with E-state index in [1.54, 1.807) is 7.11 Å². The smallest absolute Gasteiger partial charge is 0.133 e. The topological polar surface area (TPSA) is 37.4 Å². The Hall–Kier alpha value is -1.81. The number of hydrogen-bond acceptors (Lipinski definition) is 4. The molecule has 21 heavy (non-hydrogen) atoms. The summed E-state index contributed by atoms with van der Waals surface area (Å²) in [6.45, 7) is 4.69. The Morgan fingerprint density at radius 2 is 2.10 bits per heavy atom. The number of ether oxygens (including phenoxy) is 1. The number of benzene rings is 1. The van der Waals surface area contributed by atoms with Gasteiger partial charge >= 0.3 is 0 Å². The summed E-state index contributed by atoms with van der Waals surface area (Å²) in [5.74, 6) is 1.85. The van der Waals surface area contributed by atoms with E-state index in [-0.39, 0.29) is 0 Å². The van der Waals surface area contributed by atoms with Gasteiger partial charge in [-0.05, 0) is 68.5 Å². The largest absolute Gasteiger partial charge is 0.497 e. The second kappa shape index (κ2) is 6.76. The summed E-state index contributed by atoms with van der Waals surface area (Å²) >= 11 is 0. The van der Waals surface area contributed by atoms with Gasteiger partial charge in [0.2, 0.25) is 0 Å². The number of rotatable bonds is 6. The van der Waals surface area contributed by atoms with Crippen LogP contribution in [0.3, 0.4) is 0 Å². The molecule has 4 nitrogen and oxygen atoms in total. The van der Waals surface area contributed by atoms with Crippen molar-refractivity contribution in [3.63, 3.8) is 0 Å². The molecule has 1 N–H and O–H groups in total. The van der Waals surface area contributed by atoms with Crippen molar-refractivity contribution in [3.05, 3.63) is 30.5 Å². The number of likely N-dealkylation sites (tertiary alicyclic amines) is 1. The molecule has 0 bridgehead atoms. The number of methoxy groups -OCH3 is 1. The number of aromatic nitrogens is 1. The molecule has 0 spiro atoms. The number of anilines is 1. The monoisotopic (exact) mass is 285 g/mol. The van der Waals surface area contributed by atoms with Crippen LogP contribution in [-0.4, -0.2) is 43.2 Å². The van der Waals surface area contributed by atoms with E-state index < -0.39 is 0 Å². The van der Waals surface area contributed by atoms with Gasteiger partial charge in [-0.3, -0.25) is 0 Å². The Labute approximate surface area is 126 Å². The van der Waals surface area contributed by atoms with Gasteiger partial charge in [0.1, 0.15) is 11.6 Å². The van der Waals surface area contributed by atoms with Crippen molar-refractivity contribution in [1.82, 2.24) is 9.88 Å². The fourth-order valence-electron chi connectivity index (χ4n) is 2.94. The lowest BCUT2D eigenvalue weighted by Crippen LogP contribution is -2.22. The third-order valence-corrected chi connectivity index (χ3v) is 4.11. The first-order valence-corrected chi connectivity index (χ1v) is 7.76. The van der Waals surface area contributed by atoms with Crippen molar-refractivity contribution >= 4 is 16.6 Å². The Morgan fingerprint density at radius 3 is 2.90 bits per heavy atom. The van der Waals surface area contributed by atoms with Crippen molar-refractivity contribution in [2.45, 2.75) is 19.3 Å². The summed E-state index contributed by atoms with van der Waals surface area (Å²) in [5, 5.41) is 5.78. The highest BCUT2D eigenvalue weighted by Crippen LogP contribution is 2.25. The molecule has 1 fully saturated rings. The average molecular weight is 285 g/mol. The van der Waals surface area contributed by atoms with E-state index >= 15 is 0 Å². The van der Waals surface area contributed by atoms with Gasteiger partial charge in [0.05, 0.1) is 7.11 Å². The molecule has 112 valence electrons. The molecule has 0 amide bonds. The summed E-state index contributed by atoms with van der Waals surface area (Å²) in [7, 11) is 1.69. The molecular formula is C17H23N3O. The van der Waals surface area contributed by atoms with Crippen LogP contribution in [0.1, 0.15) is 19.3 Å². The lowest BCUT2D eigenvalue weighted by atomic mass is 10.1. The fraction of sp³-hybridized carbons (Fsp3) is 0.471. The van der Waals surface area contributed by atoms with Crippen LogP contribution in [-0.2, 0) is 0 Å². The molecule has 4 heteroatoms. The lowest BCUT2D eigenvalue weighted by Gasteiger charge is -2.15. The SMILES string of the molecule is COc1ccc2c(NCCCN3CCCC3)nccc2c1. The highest BCUT2D eigenvalue weighted by atomic mass is 16.5. The summed E-state index contributed by atoms with van der Waals surface area (Å²) < 4.78 is 5.27. The molecule has 0 radical (unpaired) electrons. The van der Waals surface area contributed by atoms with Crippen LogP contribution in [0, 0.1) is 0 Å². The average Bonchev–Trinajstić information content (AvgIpc) is 3.04. The van der Waals surface area contributed by atoms with Gasteiger partial charge < -0.3 is 15.0 Å². The minimum atomic E-state index is 0.883. The van der Waals surface area contributed by atoms with Gasteiger partial charge in [0.25, 0.3) is 0 Å². The van der Waals surface area contributed by atoms with E-state index in [9.17, 15) is 0 Å². The minimum absolute atomic E-state index is 0.883. The van der Waals surface area contributed by atoms with Gasteiger partial charge in [-0.15, -0.1) is 0 Å². The van der Waals surface area contributed by atoms with Gasteiger partial charge in [0, 0.05) is 18.1 Å². The Morgan fingerprint density at radius 1 is 1.24 bits per heavy atom. The standard InChI is InChI=1S/C17H23N3O/c1-21-15-5-6-16-14(13-15)7-9-19-17(16)18-8-4-12-20-10-2-3-11-20/h5-7,9,13H,2-4,8,10-12H2,1H3,(H,18,19). The minimum Gasteiger partial charge on any atom is -0.497 e. The summed E-state index contributed by atoms with van der Waals surface area (Å²) in [6.07, 6.45) is 5.74. The second-order valence-corrected chi connectivity index (χ2v) is 5.58. The van der Waals surface area contributed by atoms with E-state index in [0.29, 0.717) is 0 Å². The molecule has 0 atom stereocenters. The Balaban J connectivity index is 1.60. The molecule has 1 aromatic carbocycles. The van der Waals surface area contributed by atoms with Crippen LogP contribution in [0.2, 0.25) is 0 Å². The third kappa shape index (κ3) is 3.45. The van der Waals surface area contributed by atoms with Crippen LogP contribution in [0.25, 0.3) is 10.8 Å². The predicted octanol–water partition coefficient (Wildman–Crippen LogP) is 3.14. The number of nitrogens with zero attached hydrogens (tertiary/aromatic N) is 2. The van der Waals surface area contributed by atoms with E-state index in [2.05, 4.69) is 21.3 Å². The highest BCUT2D eigenvalue weighted by Gasteiger charge is 2.10. The highest BCUT2D eigenvalue weighted by molar-refractivity contribution is 5.92. The number of fused-ring (bicyclic) bond motifs is 1. The summed E-state index contributed by atoms with van der Waals surface area (Å²) in [5.41, 5.74) is 0. The van der Waals surface area contributed by atoms with Gasteiger partial charge in [-0.2, -0.15) is 0 Å². The first kappa shape index (κ1) is 14.1. The Bertz CT molecular complexity index is 594. The van der Waals surface area contributed by atoms with E-state index in [0.717, 1.165) is 35.3 Å². The van der Waals surface area contributed by atoms with Crippen molar-refractivity contribution in [2.24, 2.45) is 0 Å². The number of hydrogen-bond donors (Lipinski definition) is 1. The van der Waals surface area contributed by atoms with Crippen LogP contribution in [0.5, 0.6) is 5.75 Å². The molecule has 2 heterocycles. The van der Waals surface area contributed by atoms with E-state index in [1.807, 2.05) is 24.4 Å². The van der Waals surface area contributed by atoms with Gasteiger partial charge in [0.15, 0.2) is 0 Å². The molecule has 1 aliphatic rings. The second-order valence-electron chi connectivity index (χ2n) is 5.58. The molecule has 2 aromatic rings. The zero-order chi connectivity index (χ0) is 14.5. The maximum Gasteiger partial charge on any atom is 0.133 e. The van der Waals surface area contributed by atoms with Crippen LogP contribution in [0.15, 0.2) is 30.5 Å². The maximum absolute atomic E-state index is 5.27. The van der Waals surface area contributed by atoms with Crippen molar-refractivity contribution in [3.8, 4) is 5.75 Å². The van der Waals surface area contributed by atoms with Crippen molar-refractivity contribution < 1.29 is 4.74 Å². The molecule has 1 aliphatic heterocycles. The van der Waals surface area contributed by atoms with Gasteiger partial charge in [-0.25, -0.2) is 4.98 Å². The molecule has 0 aliphatic carbocycles. The van der Waals surface area contributed by atoms with E-state index in [1.165, 1.54) is 32.5 Å².